The fourth-order valence-electron chi connectivity index (χ4n) is 2.13. The van der Waals surface area contributed by atoms with Crippen molar-refractivity contribution in [1.29, 1.82) is 0 Å². The summed E-state index contributed by atoms with van der Waals surface area (Å²) < 4.78 is 6.30. The Bertz CT molecular complexity index is 834. The van der Waals surface area contributed by atoms with Gasteiger partial charge < -0.3 is 4.42 Å². The van der Waals surface area contributed by atoms with Gasteiger partial charge in [0, 0.05) is 24.3 Å². The first-order chi connectivity index (χ1) is 11.0. The molecule has 0 saturated carbocycles. The number of likely N-dealkylation sites (N-methyl/N-ethyl adjacent to an activating group) is 1. The topological polar surface area (TPSA) is 50.5 Å². The summed E-state index contributed by atoms with van der Waals surface area (Å²) in [6.07, 6.45) is 1.69. The lowest BCUT2D eigenvalue weighted by Crippen LogP contribution is -2.22. The number of benzene rings is 1. The molecule has 3 rings (SSSR count). The second-order valence-electron chi connectivity index (χ2n) is 5.08. The van der Waals surface area contributed by atoms with Crippen LogP contribution >= 0.6 is 24.0 Å². The van der Waals surface area contributed by atoms with Gasteiger partial charge in [-0.3, -0.25) is 14.5 Å². The van der Waals surface area contributed by atoms with Crippen LogP contribution in [-0.2, 0) is 4.79 Å². The number of nitrogens with zero attached hydrogens (tertiary/aromatic N) is 1. The zero-order valence-electron chi connectivity index (χ0n) is 12.5. The van der Waals surface area contributed by atoms with E-state index in [1.165, 1.54) is 23.6 Å². The van der Waals surface area contributed by atoms with Crippen LogP contribution < -0.4 is 0 Å². The number of rotatable bonds is 3. The smallest absolute Gasteiger partial charge is 0.266 e. The van der Waals surface area contributed by atoms with Crippen molar-refractivity contribution in [2.45, 2.75) is 6.92 Å². The van der Waals surface area contributed by atoms with E-state index < -0.39 is 0 Å². The quantitative estimate of drug-likeness (QED) is 0.479. The minimum Gasteiger partial charge on any atom is -0.457 e. The fourth-order valence-corrected chi connectivity index (χ4v) is 3.29. The summed E-state index contributed by atoms with van der Waals surface area (Å²) in [5.74, 6) is 1.17. The Kier molecular flexibility index (Phi) is 4.19. The molecule has 0 N–H and O–H groups in total. The molecule has 1 aliphatic rings. The van der Waals surface area contributed by atoms with Gasteiger partial charge in [0.25, 0.3) is 5.91 Å². The zero-order valence-corrected chi connectivity index (χ0v) is 14.2. The largest absolute Gasteiger partial charge is 0.457 e. The molecule has 0 atom stereocenters. The maximum atomic E-state index is 12.0. The van der Waals surface area contributed by atoms with E-state index >= 15 is 0 Å². The molecule has 1 aromatic carbocycles. The molecular formula is C17H13NO3S2. The highest BCUT2D eigenvalue weighted by molar-refractivity contribution is 8.26. The number of hydrogen-bond acceptors (Lipinski definition) is 5. The number of ketones is 1. The monoisotopic (exact) mass is 343 g/mol. The first kappa shape index (κ1) is 15.7. The third kappa shape index (κ3) is 3.13. The Labute approximate surface area is 143 Å². The van der Waals surface area contributed by atoms with Gasteiger partial charge in [-0.25, -0.2) is 0 Å². The van der Waals surface area contributed by atoms with Crippen LogP contribution in [0.1, 0.15) is 23.0 Å². The highest BCUT2D eigenvalue weighted by Gasteiger charge is 2.28. The average Bonchev–Trinajstić information content (AvgIpc) is 3.09. The van der Waals surface area contributed by atoms with Crippen molar-refractivity contribution in [2.24, 2.45) is 0 Å². The van der Waals surface area contributed by atoms with Crippen LogP contribution in [-0.4, -0.2) is 28.0 Å². The molecule has 0 aliphatic carbocycles. The van der Waals surface area contributed by atoms with Crippen molar-refractivity contribution in [1.82, 2.24) is 4.90 Å². The van der Waals surface area contributed by atoms with Crippen LogP contribution in [0.3, 0.4) is 0 Å². The van der Waals surface area contributed by atoms with Crippen molar-refractivity contribution in [3.05, 3.63) is 52.6 Å². The minimum absolute atomic E-state index is 0.0262. The number of amides is 1. The molecule has 23 heavy (non-hydrogen) atoms. The third-order valence-electron chi connectivity index (χ3n) is 3.46. The first-order valence-corrected chi connectivity index (χ1v) is 8.11. The second kappa shape index (κ2) is 6.14. The highest BCUT2D eigenvalue weighted by atomic mass is 32.2. The van der Waals surface area contributed by atoms with E-state index in [4.69, 9.17) is 16.6 Å². The van der Waals surface area contributed by atoms with Crippen LogP contribution in [0, 0.1) is 0 Å². The normalized spacial score (nSPS) is 16.4. The van der Waals surface area contributed by atoms with Crippen LogP contribution in [0.15, 0.2) is 45.7 Å². The molecule has 0 bridgehead atoms. The lowest BCUT2D eigenvalue weighted by molar-refractivity contribution is -0.121. The molecule has 1 fully saturated rings. The Morgan fingerprint density at radius 2 is 1.91 bits per heavy atom. The van der Waals surface area contributed by atoms with Crippen LogP contribution in [0.25, 0.3) is 17.4 Å². The van der Waals surface area contributed by atoms with E-state index in [0.29, 0.717) is 26.3 Å². The molecule has 116 valence electrons. The fraction of sp³-hybridized carbons (Fsp3) is 0.118. The maximum absolute atomic E-state index is 12.0. The summed E-state index contributed by atoms with van der Waals surface area (Å²) in [6, 6.07) is 10.8. The van der Waals surface area contributed by atoms with Gasteiger partial charge in [-0.15, -0.1) is 0 Å². The van der Waals surface area contributed by atoms with Gasteiger partial charge in [-0.1, -0.05) is 48.2 Å². The van der Waals surface area contributed by atoms with Gasteiger partial charge in [-0.05, 0) is 19.1 Å². The number of thioether (sulfide) groups is 1. The predicted octanol–water partition coefficient (Wildman–Crippen LogP) is 3.98. The Balaban J connectivity index is 1.85. The van der Waals surface area contributed by atoms with E-state index in [0.717, 1.165) is 5.56 Å². The minimum atomic E-state index is -0.122. The molecule has 2 heterocycles. The van der Waals surface area contributed by atoms with Gasteiger partial charge in [0.2, 0.25) is 0 Å². The number of Topliss-reactive ketones (excluding diaryl/α,β-unsaturated/α-hetero) is 1. The lowest BCUT2D eigenvalue weighted by atomic mass is 10.1. The summed E-state index contributed by atoms with van der Waals surface area (Å²) >= 11 is 6.35. The van der Waals surface area contributed by atoms with E-state index in [1.807, 2.05) is 18.2 Å². The molecule has 4 nitrogen and oxygen atoms in total. The number of carbonyl (C=O) groups excluding carboxylic acids is 2. The average molecular weight is 343 g/mol. The number of hydrogen-bond donors (Lipinski definition) is 0. The SMILES string of the molecule is CC(=O)c1ccc(-c2ccc(/C=C3\SC(=S)N(C)C3=O)o2)cc1. The molecule has 6 heteroatoms. The van der Waals surface area contributed by atoms with E-state index in [9.17, 15) is 9.59 Å². The molecular weight excluding hydrogens is 330 g/mol. The van der Waals surface area contributed by atoms with Gasteiger partial charge in [0.05, 0.1) is 4.91 Å². The standard InChI is InChI=1S/C17H13NO3S2/c1-10(19)11-3-5-12(6-4-11)14-8-7-13(21-14)9-15-16(20)18(2)17(22)23-15/h3-9H,1-2H3/b15-9-. The Morgan fingerprint density at radius 1 is 1.22 bits per heavy atom. The van der Waals surface area contributed by atoms with E-state index in [1.54, 1.807) is 31.3 Å². The molecule has 0 spiro atoms. The lowest BCUT2D eigenvalue weighted by Gasteiger charge is -2.03. The van der Waals surface area contributed by atoms with Crippen LogP contribution in [0.5, 0.6) is 0 Å². The van der Waals surface area contributed by atoms with Crippen molar-refractivity contribution >= 4 is 46.1 Å². The highest BCUT2D eigenvalue weighted by Crippen LogP contribution is 2.32. The van der Waals surface area contributed by atoms with Crippen molar-refractivity contribution in [3.8, 4) is 11.3 Å². The van der Waals surface area contributed by atoms with Crippen LogP contribution in [0.2, 0.25) is 0 Å². The molecule has 1 saturated heterocycles. The van der Waals surface area contributed by atoms with Crippen molar-refractivity contribution < 1.29 is 14.0 Å². The molecule has 2 aromatic rings. The van der Waals surface area contributed by atoms with Gasteiger partial charge in [0.1, 0.15) is 15.8 Å². The summed E-state index contributed by atoms with van der Waals surface area (Å²) in [6.45, 7) is 1.53. The Morgan fingerprint density at radius 3 is 2.48 bits per heavy atom. The number of furan rings is 1. The predicted molar refractivity (Wildman–Crippen MR) is 95.1 cm³/mol. The zero-order chi connectivity index (χ0) is 16.6. The summed E-state index contributed by atoms with van der Waals surface area (Å²) in [5, 5.41) is 0. The van der Waals surface area contributed by atoms with Gasteiger partial charge in [-0.2, -0.15) is 0 Å². The van der Waals surface area contributed by atoms with Crippen LogP contribution in [0.4, 0.5) is 0 Å². The first-order valence-electron chi connectivity index (χ1n) is 6.88. The third-order valence-corrected chi connectivity index (χ3v) is 4.95. The second-order valence-corrected chi connectivity index (χ2v) is 6.75. The summed E-state index contributed by atoms with van der Waals surface area (Å²) in [5.41, 5.74) is 1.53. The number of carbonyl (C=O) groups is 2. The Hall–Kier alpha value is -2.18. The summed E-state index contributed by atoms with van der Waals surface area (Å²) in [4.78, 5) is 25.3. The number of thiocarbonyl (C=S) groups is 1. The van der Waals surface area contributed by atoms with Gasteiger partial charge in [0.15, 0.2) is 5.78 Å². The van der Waals surface area contributed by atoms with E-state index in [2.05, 4.69) is 0 Å². The molecule has 1 aliphatic heterocycles. The van der Waals surface area contributed by atoms with Crippen molar-refractivity contribution in [3.63, 3.8) is 0 Å². The maximum Gasteiger partial charge on any atom is 0.266 e. The summed E-state index contributed by atoms with van der Waals surface area (Å²) in [7, 11) is 1.66. The molecule has 0 unspecified atom stereocenters. The van der Waals surface area contributed by atoms with Gasteiger partial charge >= 0.3 is 0 Å². The van der Waals surface area contributed by atoms with Crippen molar-refractivity contribution in [2.75, 3.05) is 7.05 Å². The molecule has 1 amide bonds. The molecule has 0 radical (unpaired) electrons. The molecule has 1 aromatic heterocycles. The van der Waals surface area contributed by atoms with E-state index in [-0.39, 0.29) is 11.7 Å².